The molecule has 152 valence electrons. The maximum absolute atomic E-state index is 13.3. The van der Waals surface area contributed by atoms with Crippen LogP contribution in [0, 0.1) is 0 Å². The molecule has 0 radical (unpaired) electrons. The minimum Gasteiger partial charge on any atom is -0.435 e. The van der Waals surface area contributed by atoms with Gasteiger partial charge in [-0.3, -0.25) is 9.69 Å². The first-order valence-electron chi connectivity index (χ1n) is 9.46. The molecule has 8 heteroatoms. The third-order valence-corrected chi connectivity index (χ3v) is 5.49. The molecule has 1 fully saturated rings. The highest BCUT2D eigenvalue weighted by atomic mass is 19.3. The van der Waals surface area contributed by atoms with Crippen LogP contribution in [0.25, 0.3) is 0 Å². The van der Waals surface area contributed by atoms with Gasteiger partial charge in [-0.15, -0.1) is 0 Å². The Balaban J connectivity index is 1.77. The average Bonchev–Trinajstić information content (AvgIpc) is 2.90. The van der Waals surface area contributed by atoms with Crippen LogP contribution in [0.5, 0.6) is 5.75 Å². The predicted molar refractivity (Wildman–Crippen MR) is 106 cm³/mol. The second kappa shape index (κ2) is 7.35. The van der Waals surface area contributed by atoms with Gasteiger partial charge in [0.1, 0.15) is 5.75 Å². The van der Waals surface area contributed by atoms with Crippen molar-refractivity contribution in [2.75, 3.05) is 12.4 Å². The Labute approximate surface area is 167 Å². The number of ether oxygens (including phenoxy) is 1. The van der Waals surface area contributed by atoms with Gasteiger partial charge in [0.2, 0.25) is 0 Å². The van der Waals surface area contributed by atoms with Crippen molar-refractivity contribution in [3.8, 4) is 5.75 Å². The summed E-state index contributed by atoms with van der Waals surface area (Å²) >= 11 is 0. The van der Waals surface area contributed by atoms with Crippen LogP contribution >= 0.6 is 0 Å². The molecule has 29 heavy (non-hydrogen) atoms. The Morgan fingerprint density at radius 1 is 1.21 bits per heavy atom. The number of nitrogens with zero attached hydrogens (tertiary/aromatic N) is 2. The van der Waals surface area contributed by atoms with E-state index in [1.54, 1.807) is 19.2 Å². The van der Waals surface area contributed by atoms with E-state index in [1.165, 1.54) is 23.5 Å². The minimum absolute atomic E-state index is 0.00931. The van der Waals surface area contributed by atoms with Crippen molar-refractivity contribution >= 4 is 17.6 Å². The third-order valence-electron chi connectivity index (χ3n) is 5.49. The average molecular weight is 400 g/mol. The van der Waals surface area contributed by atoms with Crippen molar-refractivity contribution in [1.82, 2.24) is 4.90 Å². The van der Waals surface area contributed by atoms with Crippen LogP contribution in [0.3, 0.4) is 0 Å². The number of alkyl halides is 2. The fourth-order valence-corrected chi connectivity index (χ4v) is 3.68. The molecule has 1 aliphatic heterocycles. The number of nitrogens with two attached hydrogens (primary N) is 1. The first-order chi connectivity index (χ1) is 13.9. The quantitative estimate of drug-likeness (QED) is 0.780. The highest BCUT2D eigenvalue weighted by molar-refractivity contribution is 6.09. The molecule has 1 amide bonds. The summed E-state index contributed by atoms with van der Waals surface area (Å²) in [5.41, 5.74) is 6.69. The Morgan fingerprint density at radius 2 is 1.93 bits per heavy atom. The van der Waals surface area contributed by atoms with Crippen molar-refractivity contribution in [3.05, 3.63) is 59.7 Å². The smallest absolute Gasteiger partial charge is 0.387 e. The van der Waals surface area contributed by atoms with Crippen molar-refractivity contribution < 1.29 is 18.3 Å². The first kappa shape index (κ1) is 19.2. The molecule has 2 aromatic rings. The van der Waals surface area contributed by atoms with E-state index in [1.807, 2.05) is 24.3 Å². The SMILES string of the molecule is CN1C(=O)C(c2ccc(OC(F)F)cc2)(c2cccc(NC3CCC3)c2)N=C1N. The summed E-state index contributed by atoms with van der Waals surface area (Å²) in [6.45, 7) is -2.92. The summed E-state index contributed by atoms with van der Waals surface area (Å²) in [5, 5.41) is 3.47. The molecule has 2 aliphatic rings. The summed E-state index contributed by atoms with van der Waals surface area (Å²) in [6.07, 6.45) is 3.44. The topological polar surface area (TPSA) is 80.0 Å². The van der Waals surface area contributed by atoms with Gasteiger partial charge in [-0.1, -0.05) is 24.3 Å². The zero-order chi connectivity index (χ0) is 20.6. The normalized spacial score (nSPS) is 21.9. The second-order valence-electron chi connectivity index (χ2n) is 7.30. The van der Waals surface area contributed by atoms with E-state index in [0.717, 1.165) is 18.5 Å². The van der Waals surface area contributed by atoms with Gasteiger partial charge < -0.3 is 15.8 Å². The molecule has 4 rings (SSSR count). The van der Waals surface area contributed by atoms with Crippen LogP contribution in [0.15, 0.2) is 53.5 Å². The standard InChI is InChI=1S/C21H22F2N4O2/c1-27-18(28)21(26-20(27)24,13-8-10-17(11-9-13)29-19(22)23)14-4-2-7-16(12-14)25-15-5-3-6-15/h2,4,7-12,15,19,25H,3,5-6H2,1H3,(H2,24,26). The fourth-order valence-electron chi connectivity index (χ4n) is 3.68. The molecule has 1 unspecified atom stereocenters. The number of anilines is 1. The Bertz CT molecular complexity index is 944. The molecular formula is C21H22F2N4O2. The van der Waals surface area contributed by atoms with Crippen molar-refractivity contribution in [2.45, 2.75) is 37.5 Å². The molecule has 6 nitrogen and oxygen atoms in total. The zero-order valence-corrected chi connectivity index (χ0v) is 15.9. The van der Waals surface area contributed by atoms with Crippen molar-refractivity contribution in [3.63, 3.8) is 0 Å². The maximum Gasteiger partial charge on any atom is 0.387 e. The molecule has 0 spiro atoms. The molecule has 1 aliphatic carbocycles. The number of hydrogen-bond donors (Lipinski definition) is 2. The number of amides is 1. The van der Waals surface area contributed by atoms with Gasteiger partial charge in [-0.25, -0.2) is 4.99 Å². The van der Waals surface area contributed by atoms with Gasteiger partial charge in [-0.05, 0) is 54.7 Å². The van der Waals surface area contributed by atoms with Gasteiger partial charge in [0.25, 0.3) is 5.91 Å². The largest absolute Gasteiger partial charge is 0.435 e. The van der Waals surface area contributed by atoms with E-state index in [2.05, 4.69) is 15.0 Å². The van der Waals surface area contributed by atoms with Crippen LogP contribution in [0.2, 0.25) is 0 Å². The fraction of sp³-hybridized carbons (Fsp3) is 0.333. The van der Waals surface area contributed by atoms with Crippen LogP contribution < -0.4 is 15.8 Å². The van der Waals surface area contributed by atoms with E-state index >= 15 is 0 Å². The van der Waals surface area contributed by atoms with E-state index in [-0.39, 0.29) is 17.6 Å². The van der Waals surface area contributed by atoms with Gasteiger partial charge in [0, 0.05) is 18.8 Å². The number of guanidine groups is 1. The third kappa shape index (κ3) is 3.39. The van der Waals surface area contributed by atoms with Crippen LogP contribution in [-0.2, 0) is 10.3 Å². The lowest BCUT2D eigenvalue weighted by molar-refractivity contribution is -0.129. The number of likely N-dealkylation sites (N-methyl/N-ethyl adjacent to an activating group) is 1. The van der Waals surface area contributed by atoms with Crippen molar-refractivity contribution in [1.29, 1.82) is 0 Å². The van der Waals surface area contributed by atoms with Crippen molar-refractivity contribution in [2.24, 2.45) is 10.7 Å². The molecule has 1 heterocycles. The summed E-state index contributed by atoms with van der Waals surface area (Å²) in [5.74, 6) is -0.200. The monoisotopic (exact) mass is 400 g/mol. The lowest BCUT2D eigenvalue weighted by atomic mass is 9.82. The van der Waals surface area contributed by atoms with E-state index in [0.29, 0.717) is 17.2 Å². The Hall–Kier alpha value is -3.16. The number of carbonyl (C=O) groups is 1. The zero-order valence-electron chi connectivity index (χ0n) is 15.9. The molecule has 0 bridgehead atoms. The molecule has 3 N–H and O–H groups in total. The summed E-state index contributed by atoms with van der Waals surface area (Å²) in [4.78, 5) is 19.1. The number of aliphatic imine (C=N–C) groups is 1. The number of benzene rings is 2. The molecule has 1 saturated carbocycles. The lowest BCUT2D eigenvalue weighted by Gasteiger charge is -2.29. The second-order valence-corrected chi connectivity index (χ2v) is 7.30. The van der Waals surface area contributed by atoms with Crippen LogP contribution in [-0.4, -0.2) is 36.5 Å². The molecule has 0 saturated heterocycles. The van der Waals surface area contributed by atoms with Gasteiger partial charge in [0.15, 0.2) is 11.5 Å². The molecular weight excluding hydrogens is 378 g/mol. The van der Waals surface area contributed by atoms with E-state index in [9.17, 15) is 13.6 Å². The van der Waals surface area contributed by atoms with Gasteiger partial charge >= 0.3 is 6.61 Å². The first-order valence-corrected chi connectivity index (χ1v) is 9.46. The Kier molecular flexibility index (Phi) is 4.86. The van der Waals surface area contributed by atoms with Gasteiger partial charge in [-0.2, -0.15) is 8.78 Å². The van der Waals surface area contributed by atoms with Crippen LogP contribution in [0.4, 0.5) is 14.5 Å². The Morgan fingerprint density at radius 3 is 2.48 bits per heavy atom. The van der Waals surface area contributed by atoms with E-state index < -0.39 is 12.2 Å². The number of rotatable bonds is 6. The van der Waals surface area contributed by atoms with E-state index in [4.69, 9.17) is 5.73 Å². The highest BCUT2D eigenvalue weighted by Crippen LogP contribution is 2.41. The number of halogens is 2. The number of nitrogens with one attached hydrogen (secondary N) is 1. The molecule has 2 aromatic carbocycles. The van der Waals surface area contributed by atoms with Crippen LogP contribution in [0.1, 0.15) is 30.4 Å². The summed E-state index contributed by atoms with van der Waals surface area (Å²) < 4.78 is 29.4. The summed E-state index contributed by atoms with van der Waals surface area (Å²) in [7, 11) is 1.56. The minimum atomic E-state index is -2.92. The molecule has 0 aromatic heterocycles. The molecule has 1 atom stereocenters. The lowest BCUT2D eigenvalue weighted by Crippen LogP contribution is -2.41. The highest BCUT2D eigenvalue weighted by Gasteiger charge is 2.49. The number of hydrogen-bond acceptors (Lipinski definition) is 5. The van der Waals surface area contributed by atoms with Gasteiger partial charge in [0.05, 0.1) is 0 Å². The maximum atomic E-state index is 13.3. The summed E-state index contributed by atoms with van der Waals surface area (Å²) in [6, 6.07) is 13.9. The number of carbonyl (C=O) groups excluding carboxylic acids is 1. The predicted octanol–water partition coefficient (Wildman–Crippen LogP) is 3.28.